The van der Waals surface area contributed by atoms with Crippen LogP contribution in [0.3, 0.4) is 0 Å². The Morgan fingerprint density at radius 2 is 1.77 bits per heavy atom. The molecule has 30 heavy (non-hydrogen) atoms. The Hall–Kier alpha value is -2.07. The molecule has 0 aliphatic rings. The molecule has 4 nitrogen and oxygen atoms in total. The van der Waals surface area contributed by atoms with Gasteiger partial charge in [-0.2, -0.15) is 0 Å². The molecule has 0 saturated carbocycles. The minimum Gasteiger partial charge on any atom is -0.492 e. The lowest BCUT2D eigenvalue weighted by Crippen LogP contribution is -2.22. The Labute approximate surface area is 184 Å². The first-order chi connectivity index (χ1) is 14.7. The molecule has 0 bridgehead atoms. The van der Waals surface area contributed by atoms with Gasteiger partial charge >= 0.3 is 0 Å². The molecule has 1 unspecified atom stereocenters. The molecule has 1 heterocycles. The van der Waals surface area contributed by atoms with Crippen LogP contribution in [0.1, 0.15) is 76.6 Å². The fraction of sp³-hybridized carbons (Fsp3) is 0.577. The summed E-state index contributed by atoms with van der Waals surface area (Å²) in [4.78, 5) is 4.72. The third kappa shape index (κ3) is 8.74. The number of rotatable bonds is 13. The van der Waals surface area contributed by atoms with Crippen molar-refractivity contribution in [2.75, 3.05) is 32.1 Å². The average Bonchev–Trinajstić information content (AvgIpc) is 2.81. The third-order valence-corrected chi connectivity index (χ3v) is 5.29. The maximum Gasteiger partial charge on any atom is 0.129 e. The topological polar surface area (TPSA) is 46.2 Å². The molecule has 0 amide bonds. The van der Waals surface area contributed by atoms with Crippen LogP contribution in [0.5, 0.6) is 5.75 Å². The molecular formula is C26H43N3O. The summed E-state index contributed by atoms with van der Waals surface area (Å²) in [6.07, 6.45) is 5.46. The molecule has 0 saturated heterocycles. The molecule has 1 aromatic carbocycles. The van der Waals surface area contributed by atoms with Crippen molar-refractivity contribution in [1.29, 1.82) is 0 Å². The fourth-order valence-corrected chi connectivity index (χ4v) is 3.32. The smallest absolute Gasteiger partial charge is 0.129 e. The van der Waals surface area contributed by atoms with E-state index >= 15 is 0 Å². The maximum absolute atomic E-state index is 6.00. The number of para-hydroxylation sites is 1. The molecule has 2 N–H and O–H groups in total. The molecule has 0 fully saturated rings. The Bertz CT molecular complexity index is 702. The minimum atomic E-state index is 0.535. The van der Waals surface area contributed by atoms with Crippen LogP contribution in [0.15, 0.2) is 36.4 Å². The zero-order chi connectivity index (χ0) is 22.2. The second-order valence-electron chi connectivity index (χ2n) is 7.32. The van der Waals surface area contributed by atoms with E-state index in [0.717, 1.165) is 56.8 Å². The lowest BCUT2D eigenvalue weighted by Gasteiger charge is -2.15. The molecule has 0 radical (unpaired) electrons. The van der Waals surface area contributed by atoms with Crippen LogP contribution >= 0.6 is 0 Å². The van der Waals surface area contributed by atoms with Gasteiger partial charge in [-0.3, -0.25) is 0 Å². The first kappa shape index (κ1) is 26.0. The van der Waals surface area contributed by atoms with Gasteiger partial charge in [-0.05, 0) is 67.8 Å². The summed E-state index contributed by atoms with van der Waals surface area (Å²) >= 11 is 0. The van der Waals surface area contributed by atoms with Gasteiger partial charge < -0.3 is 15.4 Å². The number of nitrogens with one attached hydrogen (secondary N) is 2. The van der Waals surface area contributed by atoms with Crippen molar-refractivity contribution in [3.05, 3.63) is 53.2 Å². The highest BCUT2D eigenvalue weighted by molar-refractivity contribution is 5.44. The van der Waals surface area contributed by atoms with Crippen molar-refractivity contribution in [1.82, 2.24) is 10.3 Å². The normalized spacial score (nSPS) is 11.4. The fourth-order valence-electron chi connectivity index (χ4n) is 3.32. The Morgan fingerprint density at radius 3 is 2.47 bits per heavy atom. The number of aryl methyl sites for hydroxylation is 2. The SMILES string of the molecule is CC.CCc1ccc(CCCCNCCOc2ccccc2C(C)CC)nc1NC. The molecule has 1 aromatic heterocycles. The van der Waals surface area contributed by atoms with Gasteiger partial charge in [-0.1, -0.05) is 58.9 Å². The summed E-state index contributed by atoms with van der Waals surface area (Å²) < 4.78 is 6.00. The molecule has 2 rings (SSSR count). The lowest BCUT2D eigenvalue weighted by molar-refractivity contribution is 0.309. The monoisotopic (exact) mass is 413 g/mol. The van der Waals surface area contributed by atoms with Gasteiger partial charge in [0, 0.05) is 19.3 Å². The van der Waals surface area contributed by atoms with Crippen LogP contribution in [-0.4, -0.2) is 31.7 Å². The number of ether oxygens (including phenoxy) is 1. The standard InChI is InChI=1S/C24H37N3O.C2H6/c1-5-19(3)22-12-7-8-13-23(22)28-18-17-26-16-10-9-11-21-15-14-20(6-2)24(25-4)27-21;1-2/h7-8,12-15,19,26H,5-6,9-11,16-18H2,1-4H3,(H,25,27);1-2H3. The van der Waals surface area contributed by atoms with Crippen LogP contribution in [-0.2, 0) is 12.8 Å². The number of aromatic nitrogens is 1. The predicted molar refractivity (Wildman–Crippen MR) is 131 cm³/mol. The van der Waals surface area contributed by atoms with Crippen LogP contribution in [0.2, 0.25) is 0 Å². The Morgan fingerprint density at radius 1 is 1.00 bits per heavy atom. The summed E-state index contributed by atoms with van der Waals surface area (Å²) in [5, 5.41) is 6.69. The lowest BCUT2D eigenvalue weighted by atomic mass is 9.98. The van der Waals surface area contributed by atoms with Crippen LogP contribution in [0.4, 0.5) is 5.82 Å². The molecule has 0 aliphatic heterocycles. The van der Waals surface area contributed by atoms with E-state index in [0.29, 0.717) is 12.5 Å². The molecular weight excluding hydrogens is 370 g/mol. The van der Waals surface area contributed by atoms with Crippen molar-refractivity contribution in [2.24, 2.45) is 0 Å². The first-order valence-electron chi connectivity index (χ1n) is 11.8. The van der Waals surface area contributed by atoms with Gasteiger partial charge in [0.05, 0.1) is 0 Å². The number of hydrogen-bond donors (Lipinski definition) is 2. The van der Waals surface area contributed by atoms with E-state index in [9.17, 15) is 0 Å². The zero-order valence-corrected chi connectivity index (χ0v) is 20.1. The number of pyridine rings is 1. The molecule has 4 heteroatoms. The third-order valence-electron chi connectivity index (χ3n) is 5.29. The number of anilines is 1. The van der Waals surface area contributed by atoms with Crippen molar-refractivity contribution in [3.63, 3.8) is 0 Å². The molecule has 1 atom stereocenters. The van der Waals surface area contributed by atoms with Crippen LogP contribution in [0, 0.1) is 0 Å². The number of unbranched alkanes of at least 4 members (excludes halogenated alkanes) is 1. The number of benzene rings is 1. The van der Waals surface area contributed by atoms with E-state index in [-0.39, 0.29) is 0 Å². The van der Waals surface area contributed by atoms with Gasteiger partial charge in [-0.15, -0.1) is 0 Å². The van der Waals surface area contributed by atoms with Gasteiger partial charge in [0.2, 0.25) is 0 Å². The summed E-state index contributed by atoms with van der Waals surface area (Å²) in [7, 11) is 1.94. The van der Waals surface area contributed by atoms with Crippen molar-refractivity contribution in [2.45, 2.75) is 72.6 Å². The van der Waals surface area contributed by atoms with Crippen molar-refractivity contribution < 1.29 is 4.74 Å². The second kappa shape index (κ2) is 15.7. The van der Waals surface area contributed by atoms with Gasteiger partial charge in [0.1, 0.15) is 18.2 Å². The Balaban J connectivity index is 0.00000218. The van der Waals surface area contributed by atoms with Crippen molar-refractivity contribution >= 4 is 5.82 Å². The largest absolute Gasteiger partial charge is 0.492 e. The van der Waals surface area contributed by atoms with E-state index in [1.54, 1.807) is 0 Å². The predicted octanol–water partition coefficient (Wildman–Crippen LogP) is 6.22. The van der Waals surface area contributed by atoms with Gasteiger partial charge in [0.15, 0.2) is 0 Å². The van der Waals surface area contributed by atoms with Gasteiger partial charge in [0.25, 0.3) is 0 Å². The highest BCUT2D eigenvalue weighted by atomic mass is 16.5. The highest BCUT2D eigenvalue weighted by Gasteiger charge is 2.09. The second-order valence-corrected chi connectivity index (χ2v) is 7.32. The van der Waals surface area contributed by atoms with Crippen LogP contribution < -0.4 is 15.4 Å². The molecule has 2 aromatic rings. The Kier molecular flexibility index (Phi) is 13.6. The zero-order valence-electron chi connectivity index (χ0n) is 20.1. The minimum absolute atomic E-state index is 0.535. The first-order valence-corrected chi connectivity index (χ1v) is 11.8. The summed E-state index contributed by atoms with van der Waals surface area (Å²) in [6.45, 7) is 13.2. The highest BCUT2D eigenvalue weighted by Crippen LogP contribution is 2.28. The summed E-state index contributed by atoms with van der Waals surface area (Å²) in [5.41, 5.74) is 3.77. The summed E-state index contributed by atoms with van der Waals surface area (Å²) in [5.74, 6) is 2.58. The van der Waals surface area contributed by atoms with E-state index < -0.39 is 0 Å². The summed E-state index contributed by atoms with van der Waals surface area (Å²) in [6, 6.07) is 12.8. The quantitative estimate of drug-likeness (QED) is 0.383. The molecule has 168 valence electrons. The van der Waals surface area contributed by atoms with E-state index in [1.807, 2.05) is 20.9 Å². The van der Waals surface area contributed by atoms with E-state index in [4.69, 9.17) is 9.72 Å². The average molecular weight is 414 g/mol. The molecule has 0 aliphatic carbocycles. The van der Waals surface area contributed by atoms with E-state index in [1.165, 1.54) is 16.8 Å². The maximum atomic E-state index is 6.00. The van der Waals surface area contributed by atoms with Crippen molar-refractivity contribution in [3.8, 4) is 5.75 Å². The number of nitrogens with zero attached hydrogens (tertiary/aromatic N) is 1. The van der Waals surface area contributed by atoms with E-state index in [2.05, 4.69) is 67.8 Å². The molecule has 0 spiro atoms. The number of hydrogen-bond acceptors (Lipinski definition) is 4. The van der Waals surface area contributed by atoms with Gasteiger partial charge in [-0.25, -0.2) is 4.98 Å². The van der Waals surface area contributed by atoms with Crippen LogP contribution in [0.25, 0.3) is 0 Å².